The van der Waals surface area contributed by atoms with Gasteiger partial charge in [-0.3, -0.25) is 10.1 Å². The van der Waals surface area contributed by atoms with Crippen LogP contribution in [0.5, 0.6) is 11.5 Å². The van der Waals surface area contributed by atoms with Gasteiger partial charge in [-0.2, -0.15) is 13.2 Å². The lowest BCUT2D eigenvalue weighted by molar-refractivity contribution is -0.384. The molecule has 1 N–H and O–H groups in total. The van der Waals surface area contributed by atoms with Crippen molar-refractivity contribution in [3.63, 3.8) is 0 Å². The molecule has 2 unspecified atom stereocenters. The van der Waals surface area contributed by atoms with E-state index in [2.05, 4.69) is 10.1 Å². The summed E-state index contributed by atoms with van der Waals surface area (Å²) in [6.07, 6.45) is -4.67. The molecule has 0 amide bonds. The van der Waals surface area contributed by atoms with Crippen molar-refractivity contribution in [3.8, 4) is 11.5 Å². The molecule has 2 heterocycles. The Labute approximate surface area is 238 Å². The maximum Gasteiger partial charge on any atom is 0.431 e. The van der Waals surface area contributed by atoms with Gasteiger partial charge in [0, 0.05) is 24.3 Å². The van der Waals surface area contributed by atoms with Crippen molar-refractivity contribution >= 4 is 17.6 Å². The number of epoxide rings is 1. The second-order valence-corrected chi connectivity index (χ2v) is 9.30. The summed E-state index contributed by atoms with van der Waals surface area (Å²) < 4.78 is 68.3. The van der Waals surface area contributed by atoms with E-state index < -0.39 is 45.9 Å². The number of non-ortho nitro benzene ring substituents is 1. The van der Waals surface area contributed by atoms with Crippen LogP contribution in [0.25, 0.3) is 0 Å². The molecule has 14 heteroatoms. The van der Waals surface area contributed by atoms with Gasteiger partial charge in [-0.25, -0.2) is 9.59 Å². The number of rotatable bonds is 12. The molecule has 0 spiro atoms. The van der Waals surface area contributed by atoms with E-state index in [0.29, 0.717) is 24.7 Å². The van der Waals surface area contributed by atoms with Gasteiger partial charge in [-0.15, -0.1) is 0 Å². The number of nitro benzene ring substituents is 1. The minimum atomic E-state index is -5.04. The van der Waals surface area contributed by atoms with E-state index in [1.807, 2.05) is 0 Å². The average molecular weight is 593 g/mol. The first-order valence-corrected chi connectivity index (χ1v) is 12.8. The number of nitrogens with one attached hydrogen (secondary N) is 1. The second kappa shape index (κ2) is 12.9. The summed E-state index contributed by atoms with van der Waals surface area (Å²) in [5.41, 5.74) is -3.46. The summed E-state index contributed by atoms with van der Waals surface area (Å²) in [5, 5.41) is 13.5. The van der Waals surface area contributed by atoms with Gasteiger partial charge in [-0.1, -0.05) is 12.1 Å². The SMILES string of the molecule is COC(=O)C1=C(C(F)(F)F)NC(C)=C(C(=O)OCCCOc2ccc(OCC3CO3)cc2)C1c1cccc([N+](=O)[O-])c1. The van der Waals surface area contributed by atoms with Crippen molar-refractivity contribution in [2.45, 2.75) is 31.5 Å². The van der Waals surface area contributed by atoms with Crippen LogP contribution in [0.1, 0.15) is 24.8 Å². The van der Waals surface area contributed by atoms with E-state index in [9.17, 15) is 32.9 Å². The first-order chi connectivity index (χ1) is 20.0. The highest BCUT2D eigenvalue weighted by Crippen LogP contribution is 2.44. The van der Waals surface area contributed by atoms with Crippen LogP contribution in [0, 0.1) is 10.1 Å². The monoisotopic (exact) mass is 592 g/mol. The Kier molecular flexibility index (Phi) is 9.35. The molecule has 224 valence electrons. The van der Waals surface area contributed by atoms with Gasteiger partial charge in [0.1, 0.15) is 29.9 Å². The van der Waals surface area contributed by atoms with Crippen LogP contribution in [-0.4, -0.2) is 62.7 Å². The number of dihydropyridines is 1. The van der Waals surface area contributed by atoms with E-state index in [0.717, 1.165) is 19.2 Å². The summed E-state index contributed by atoms with van der Waals surface area (Å²) >= 11 is 0. The number of alkyl halides is 3. The molecule has 0 saturated carbocycles. The number of carbonyl (C=O) groups excluding carboxylic acids is 2. The molecule has 4 rings (SSSR count). The minimum Gasteiger partial charge on any atom is -0.493 e. The highest BCUT2D eigenvalue weighted by atomic mass is 19.4. The highest BCUT2D eigenvalue weighted by Gasteiger charge is 2.47. The zero-order valence-electron chi connectivity index (χ0n) is 22.6. The fourth-order valence-electron chi connectivity index (χ4n) is 4.28. The summed E-state index contributed by atoms with van der Waals surface area (Å²) in [7, 11) is 0.890. The molecule has 1 fully saturated rings. The lowest BCUT2D eigenvalue weighted by atomic mass is 9.80. The Hall–Kier alpha value is -4.59. The number of methoxy groups -OCH3 is 1. The maximum absolute atomic E-state index is 14.0. The van der Waals surface area contributed by atoms with E-state index in [4.69, 9.17) is 18.9 Å². The molecule has 2 aromatic carbocycles. The van der Waals surface area contributed by atoms with Crippen LogP contribution < -0.4 is 14.8 Å². The van der Waals surface area contributed by atoms with Crippen LogP contribution >= 0.6 is 0 Å². The van der Waals surface area contributed by atoms with Crippen molar-refractivity contribution in [2.75, 3.05) is 33.5 Å². The molecular weight excluding hydrogens is 565 g/mol. The van der Waals surface area contributed by atoms with Crippen molar-refractivity contribution in [1.29, 1.82) is 0 Å². The Morgan fingerprint density at radius 1 is 1.05 bits per heavy atom. The average Bonchev–Trinajstić information content (AvgIpc) is 3.79. The summed E-state index contributed by atoms with van der Waals surface area (Å²) in [6, 6.07) is 11.5. The third-order valence-electron chi connectivity index (χ3n) is 6.34. The van der Waals surface area contributed by atoms with Crippen molar-refractivity contribution < 1.29 is 51.4 Å². The number of allylic oxidation sites excluding steroid dienone is 2. The molecule has 2 aromatic rings. The number of hydrogen-bond donors (Lipinski definition) is 1. The molecule has 2 aliphatic rings. The number of halogens is 3. The van der Waals surface area contributed by atoms with Gasteiger partial charge in [0.2, 0.25) is 0 Å². The van der Waals surface area contributed by atoms with Crippen LogP contribution in [0.15, 0.2) is 71.1 Å². The smallest absolute Gasteiger partial charge is 0.431 e. The molecule has 0 aromatic heterocycles. The fourth-order valence-corrected chi connectivity index (χ4v) is 4.28. The third kappa shape index (κ3) is 7.37. The number of ether oxygens (including phenoxy) is 5. The van der Waals surface area contributed by atoms with Crippen LogP contribution in [-0.2, 0) is 23.8 Å². The molecule has 1 saturated heterocycles. The lowest BCUT2D eigenvalue weighted by Gasteiger charge is -2.31. The van der Waals surface area contributed by atoms with Crippen molar-refractivity contribution in [3.05, 3.63) is 86.7 Å². The molecule has 42 heavy (non-hydrogen) atoms. The first-order valence-electron chi connectivity index (χ1n) is 12.8. The van der Waals surface area contributed by atoms with Crippen LogP contribution in [0.3, 0.4) is 0 Å². The Morgan fingerprint density at radius 2 is 1.71 bits per heavy atom. The Balaban J connectivity index is 1.47. The quantitative estimate of drug-likeness (QED) is 0.125. The maximum atomic E-state index is 14.0. The summed E-state index contributed by atoms with van der Waals surface area (Å²) in [4.78, 5) is 36.5. The molecule has 0 aliphatic carbocycles. The largest absolute Gasteiger partial charge is 0.493 e. The second-order valence-electron chi connectivity index (χ2n) is 9.30. The third-order valence-corrected chi connectivity index (χ3v) is 6.34. The van der Waals surface area contributed by atoms with Crippen LogP contribution in [0.2, 0.25) is 0 Å². The molecule has 0 bridgehead atoms. The zero-order chi connectivity index (χ0) is 30.4. The van der Waals surface area contributed by atoms with E-state index in [1.54, 1.807) is 24.3 Å². The highest BCUT2D eigenvalue weighted by molar-refractivity contribution is 6.00. The molecule has 2 aliphatic heterocycles. The van der Waals surface area contributed by atoms with Gasteiger partial charge in [0.05, 0.1) is 48.9 Å². The van der Waals surface area contributed by atoms with Gasteiger partial charge in [-0.05, 0) is 36.8 Å². The fraction of sp³-hybridized carbons (Fsp3) is 0.357. The van der Waals surface area contributed by atoms with Gasteiger partial charge >= 0.3 is 18.1 Å². The Bertz CT molecular complexity index is 1400. The van der Waals surface area contributed by atoms with E-state index >= 15 is 0 Å². The topological polar surface area (TPSA) is 139 Å². The standard InChI is InChI=1S/C28H27F3N2O9/c1-16-22(27(35)40-12-4-11-39-19-7-9-20(10-8-19)41-14-21-15-42-21)23(17-5-3-6-18(13-17)33(36)37)24(26(34)38-2)25(32-16)28(29,30)31/h3,5-10,13,21,23,32H,4,11-12,14-15H2,1-2H3. The number of hydrogen-bond acceptors (Lipinski definition) is 10. The van der Waals surface area contributed by atoms with Crippen LogP contribution in [0.4, 0.5) is 18.9 Å². The van der Waals surface area contributed by atoms with Gasteiger partial charge in [0.25, 0.3) is 5.69 Å². The Morgan fingerprint density at radius 3 is 2.31 bits per heavy atom. The van der Waals surface area contributed by atoms with Gasteiger partial charge < -0.3 is 29.0 Å². The van der Waals surface area contributed by atoms with E-state index in [1.165, 1.54) is 19.1 Å². The molecule has 0 radical (unpaired) electrons. The molecular formula is C28H27F3N2O9. The predicted octanol–water partition coefficient (Wildman–Crippen LogP) is 4.33. The number of carbonyl (C=O) groups is 2. The van der Waals surface area contributed by atoms with Gasteiger partial charge in [0.15, 0.2) is 0 Å². The van der Waals surface area contributed by atoms with Crippen molar-refractivity contribution in [1.82, 2.24) is 5.32 Å². The molecule has 2 atom stereocenters. The lowest BCUT2D eigenvalue weighted by Crippen LogP contribution is -2.38. The molecule has 11 nitrogen and oxygen atoms in total. The zero-order valence-corrected chi connectivity index (χ0v) is 22.6. The summed E-state index contributed by atoms with van der Waals surface area (Å²) in [5.74, 6) is -2.84. The number of esters is 2. The normalized spacial score (nSPS) is 18.2. The number of nitro groups is 1. The number of benzene rings is 2. The van der Waals surface area contributed by atoms with E-state index in [-0.39, 0.29) is 42.6 Å². The number of nitrogens with zero attached hydrogens (tertiary/aromatic N) is 1. The minimum absolute atomic E-state index is 0.0976. The predicted molar refractivity (Wildman–Crippen MR) is 140 cm³/mol. The summed E-state index contributed by atoms with van der Waals surface area (Å²) in [6.45, 7) is 2.36. The van der Waals surface area contributed by atoms with Crippen molar-refractivity contribution in [2.24, 2.45) is 0 Å². The first kappa shape index (κ1) is 30.4.